The van der Waals surface area contributed by atoms with Crippen LogP contribution in [0, 0.1) is 0 Å². The molecule has 1 amide bonds. The number of ether oxygens (including phenoxy) is 1. The number of hydrogen-bond acceptors (Lipinski definition) is 5. The number of piperazine rings is 1. The van der Waals surface area contributed by atoms with Crippen molar-refractivity contribution in [3.8, 4) is 5.75 Å². The SMILES string of the molecule is C[C@@H](Oc1ccc2ccc(=O)oc2c1)C(=O)N1CCN(Cc2ccccc2)CC1. The van der Waals surface area contributed by atoms with Crippen molar-refractivity contribution < 1.29 is 13.9 Å². The molecule has 0 aliphatic carbocycles. The Bertz CT molecular complexity index is 1040. The van der Waals surface area contributed by atoms with Crippen LogP contribution in [0.4, 0.5) is 0 Å². The number of carbonyl (C=O) groups is 1. The van der Waals surface area contributed by atoms with Crippen LogP contribution in [0.1, 0.15) is 12.5 Å². The van der Waals surface area contributed by atoms with Crippen molar-refractivity contribution in [2.45, 2.75) is 19.6 Å². The van der Waals surface area contributed by atoms with Crippen molar-refractivity contribution in [2.24, 2.45) is 0 Å². The Hall–Kier alpha value is -3.12. The molecule has 0 unspecified atom stereocenters. The van der Waals surface area contributed by atoms with E-state index in [0.717, 1.165) is 25.0 Å². The number of hydrogen-bond donors (Lipinski definition) is 0. The maximum Gasteiger partial charge on any atom is 0.336 e. The first-order valence-electron chi connectivity index (χ1n) is 9.84. The third-order valence-electron chi connectivity index (χ3n) is 5.19. The molecule has 0 spiro atoms. The molecule has 4 rings (SSSR count). The highest BCUT2D eigenvalue weighted by Gasteiger charge is 2.26. The molecule has 0 radical (unpaired) electrons. The van der Waals surface area contributed by atoms with E-state index in [0.29, 0.717) is 24.4 Å². The maximum atomic E-state index is 12.8. The van der Waals surface area contributed by atoms with Crippen molar-refractivity contribution in [2.75, 3.05) is 26.2 Å². The summed E-state index contributed by atoms with van der Waals surface area (Å²) in [4.78, 5) is 28.4. The topological polar surface area (TPSA) is 63.0 Å². The molecule has 1 atom stereocenters. The van der Waals surface area contributed by atoms with Gasteiger partial charge in [0.25, 0.3) is 5.91 Å². The van der Waals surface area contributed by atoms with Gasteiger partial charge in [-0.3, -0.25) is 9.69 Å². The summed E-state index contributed by atoms with van der Waals surface area (Å²) in [5.41, 5.74) is 1.32. The van der Waals surface area contributed by atoms with Gasteiger partial charge in [0.2, 0.25) is 0 Å². The Labute approximate surface area is 169 Å². The van der Waals surface area contributed by atoms with Gasteiger partial charge in [-0.2, -0.15) is 0 Å². The Kier molecular flexibility index (Phi) is 5.62. The van der Waals surface area contributed by atoms with Crippen LogP contribution >= 0.6 is 0 Å². The molecule has 1 aliphatic heterocycles. The first kappa shape index (κ1) is 19.2. The fraction of sp³-hybridized carbons (Fsp3) is 0.304. The third-order valence-corrected chi connectivity index (χ3v) is 5.19. The average molecular weight is 392 g/mol. The smallest absolute Gasteiger partial charge is 0.336 e. The Morgan fingerprint density at radius 1 is 1.03 bits per heavy atom. The first-order valence-corrected chi connectivity index (χ1v) is 9.84. The molecule has 1 saturated heterocycles. The van der Waals surface area contributed by atoms with Crippen molar-refractivity contribution in [1.29, 1.82) is 0 Å². The van der Waals surface area contributed by atoms with Crippen LogP contribution in [-0.4, -0.2) is 48.0 Å². The van der Waals surface area contributed by atoms with Crippen molar-refractivity contribution in [1.82, 2.24) is 9.80 Å². The van der Waals surface area contributed by atoms with Gasteiger partial charge in [-0.1, -0.05) is 30.3 Å². The molecule has 3 aromatic rings. The second-order valence-corrected chi connectivity index (χ2v) is 7.30. The normalized spacial score (nSPS) is 16.0. The zero-order chi connectivity index (χ0) is 20.2. The molecule has 0 saturated carbocycles. The lowest BCUT2D eigenvalue weighted by molar-refractivity contribution is -0.139. The summed E-state index contributed by atoms with van der Waals surface area (Å²) >= 11 is 0. The largest absolute Gasteiger partial charge is 0.481 e. The predicted octanol–water partition coefficient (Wildman–Crippen LogP) is 2.90. The van der Waals surface area contributed by atoms with Gasteiger partial charge in [0.15, 0.2) is 6.10 Å². The quantitative estimate of drug-likeness (QED) is 0.625. The monoisotopic (exact) mass is 392 g/mol. The standard InChI is InChI=1S/C23H24N2O4/c1-17(28-20-9-7-19-8-10-22(26)29-21(19)15-20)23(27)25-13-11-24(12-14-25)16-18-5-3-2-4-6-18/h2-10,15,17H,11-14,16H2,1H3/t17-/m1/s1. The van der Waals surface area contributed by atoms with E-state index in [9.17, 15) is 9.59 Å². The van der Waals surface area contributed by atoms with Crippen LogP contribution in [0.3, 0.4) is 0 Å². The van der Waals surface area contributed by atoms with Crippen LogP contribution in [0.15, 0.2) is 69.9 Å². The lowest BCUT2D eigenvalue weighted by Gasteiger charge is -2.35. The van der Waals surface area contributed by atoms with Crippen molar-refractivity contribution in [3.05, 3.63) is 76.6 Å². The highest BCUT2D eigenvalue weighted by atomic mass is 16.5. The summed E-state index contributed by atoms with van der Waals surface area (Å²) in [5, 5.41) is 0.811. The molecule has 150 valence electrons. The van der Waals surface area contributed by atoms with Gasteiger partial charge in [0, 0.05) is 50.2 Å². The lowest BCUT2D eigenvalue weighted by Crippen LogP contribution is -2.51. The molecule has 6 heteroatoms. The molecule has 1 aromatic heterocycles. The minimum atomic E-state index is -0.608. The highest BCUT2D eigenvalue weighted by Crippen LogP contribution is 2.21. The number of carbonyl (C=O) groups excluding carboxylic acids is 1. The van der Waals surface area contributed by atoms with E-state index in [1.807, 2.05) is 29.2 Å². The lowest BCUT2D eigenvalue weighted by atomic mass is 10.2. The summed E-state index contributed by atoms with van der Waals surface area (Å²) in [6.45, 7) is 5.71. The van der Waals surface area contributed by atoms with Gasteiger partial charge in [0.05, 0.1) is 0 Å². The fourth-order valence-corrected chi connectivity index (χ4v) is 3.59. The van der Waals surface area contributed by atoms with Gasteiger partial charge in [-0.05, 0) is 30.7 Å². The minimum absolute atomic E-state index is 0.0287. The minimum Gasteiger partial charge on any atom is -0.481 e. The maximum absolute atomic E-state index is 12.8. The number of rotatable bonds is 5. The molecule has 0 N–H and O–H groups in total. The second kappa shape index (κ2) is 8.49. The summed E-state index contributed by atoms with van der Waals surface area (Å²) in [5.74, 6) is 0.481. The Balaban J connectivity index is 1.33. The molecule has 2 aromatic carbocycles. The van der Waals surface area contributed by atoms with E-state index < -0.39 is 11.7 Å². The predicted molar refractivity (Wildman–Crippen MR) is 111 cm³/mol. The summed E-state index contributed by atoms with van der Waals surface area (Å²) in [6, 6.07) is 18.7. The van der Waals surface area contributed by atoms with E-state index in [1.54, 1.807) is 25.1 Å². The van der Waals surface area contributed by atoms with Crippen LogP contribution in [0.5, 0.6) is 5.75 Å². The molecule has 0 bridgehead atoms. The van der Waals surface area contributed by atoms with Crippen molar-refractivity contribution in [3.63, 3.8) is 0 Å². The van der Waals surface area contributed by atoms with E-state index >= 15 is 0 Å². The molecular formula is C23H24N2O4. The van der Waals surface area contributed by atoms with Gasteiger partial charge in [-0.25, -0.2) is 4.79 Å². The fourth-order valence-electron chi connectivity index (χ4n) is 3.59. The van der Waals surface area contributed by atoms with E-state index in [4.69, 9.17) is 9.15 Å². The first-order chi connectivity index (χ1) is 14.1. The van der Waals surface area contributed by atoms with Crippen LogP contribution < -0.4 is 10.4 Å². The zero-order valence-corrected chi connectivity index (χ0v) is 16.4. The molecular weight excluding hydrogens is 368 g/mol. The van der Waals surface area contributed by atoms with Gasteiger partial charge in [-0.15, -0.1) is 0 Å². The Morgan fingerprint density at radius 2 is 1.76 bits per heavy atom. The molecule has 6 nitrogen and oxygen atoms in total. The summed E-state index contributed by atoms with van der Waals surface area (Å²) in [7, 11) is 0. The van der Waals surface area contributed by atoms with Crippen LogP contribution in [0.25, 0.3) is 11.0 Å². The number of nitrogens with zero attached hydrogens (tertiary/aromatic N) is 2. The van der Waals surface area contributed by atoms with E-state index in [1.165, 1.54) is 11.6 Å². The molecule has 2 heterocycles. The number of fused-ring (bicyclic) bond motifs is 1. The van der Waals surface area contributed by atoms with Crippen LogP contribution in [-0.2, 0) is 11.3 Å². The number of benzene rings is 2. The van der Waals surface area contributed by atoms with E-state index in [2.05, 4.69) is 17.0 Å². The molecule has 1 fully saturated rings. The second-order valence-electron chi connectivity index (χ2n) is 7.30. The van der Waals surface area contributed by atoms with Gasteiger partial charge in [0.1, 0.15) is 11.3 Å². The summed E-state index contributed by atoms with van der Waals surface area (Å²) < 4.78 is 11.0. The molecule has 29 heavy (non-hydrogen) atoms. The average Bonchev–Trinajstić information content (AvgIpc) is 2.74. The van der Waals surface area contributed by atoms with Gasteiger partial charge >= 0.3 is 5.63 Å². The number of amides is 1. The molecule has 1 aliphatic rings. The zero-order valence-electron chi connectivity index (χ0n) is 16.4. The summed E-state index contributed by atoms with van der Waals surface area (Å²) in [6.07, 6.45) is -0.608. The van der Waals surface area contributed by atoms with E-state index in [-0.39, 0.29) is 5.91 Å². The Morgan fingerprint density at radius 3 is 2.52 bits per heavy atom. The van der Waals surface area contributed by atoms with Gasteiger partial charge < -0.3 is 14.1 Å². The van der Waals surface area contributed by atoms with Crippen LogP contribution in [0.2, 0.25) is 0 Å². The van der Waals surface area contributed by atoms with Crippen molar-refractivity contribution >= 4 is 16.9 Å². The third kappa shape index (κ3) is 4.66. The highest BCUT2D eigenvalue weighted by molar-refractivity contribution is 5.81.